The van der Waals surface area contributed by atoms with Crippen LogP contribution in [0.5, 0.6) is 17.2 Å². The molecule has 0 radical (unpaired) electrons. The lowest BCUT2D eigenvalue weighted by molar-refractivity contribution is 0.0322. The smallest absolute Gasteiger partial charge is 0.251 e. The van der Waals surface area contributed by atoms with E-state index >= 15 is 0 Å². The molecule has 0 spiro atoms. The van der Waals surface area contributed by atoms with E-state index in [4.69, 9.17) is 34.1 Å². The van der Waals surface area contributed by atoms with Gasteiger partial charge in [-0.2, -0.15) is 4.98 Å². The molecular weight excluding hydrogens is 1470 g/mol. The maximum absolute atomic E-state index is 11.8. The number of para-hydroxylation sites is 2. The fourth-order valence-electron chi connectivity index (χ4n) is 13.7. The highest BCUT2D eigenvalue weighted by Gasteiger charge is 2.16. The molecule has 0 unspecified atom stereocenters. The zero-order valence-corrected chi connectivity index (χ0v) is 66.0. The van der Waals surface area contributed by atoms with Gasteiger partial charge in [0.1, 0.15) is 77.8 Å². The Morgan fingerprint density at radius 1 is 0.462 bits per heavy atom. The lowest BCUT2D eigenvalue weighted by atomic mass is 10.1. The first kappa shape index (κ1) is 79.8. The lowest BCUT2D eigenvalue weighted by Gasteiger charge is -2.26. The minimum Gasteiger partial charge on any atom is -0.492 e. The van der Waals surface area contributed by atoms with Gasteiger partial charge in [-0.15, -0.1) is 0 Å². The Kier molecular flexibility index (Phi) is 26.8. The van der Waals surface area contributed by atoms with Gasteiger partial charge in [-0.25, -0.2) is 34.9 Å². The van der Waals surface area contributed by atoms with Crippen LogP contribution in [0, 0.1) is 20.8 Å². The molecular formula is C92H94N18O7. The van der Waals surface area contributed by atoms with Crippen LogP contribution in [0.25, 0.3) is 38.8 Å². The molecule has 1 amide bonds. The minimum atomic E-state index is -0.138. The van der Waals surface area contributed by atoms with Crippen LogP contribution in [0.3, 0.4) is 0 Å². The van der Waals surface area contributed by atoms with Gasteiger partial charge < -0.3 is 76.0 Å². The molecule has 0 atom stereocenters. The second-order valence-corrected chi connectivity index (χ2v) is 28.3. The van der Waals surface area contributed by atoms with E-state index in [1.807, 2.05) is 129 Å². The number of hydrogen-bond donors (Lipinski definition) is 11. The molecule has 1 saturated heterocycles. The van der Waals surface area contributed by atoms with Crippen LogP contribution < -0.4 is 46.1 Å². The predicted octanol–water partition coefficient (Wildman–Crippen LogP) is 16.5. The molecule has 17 rings (SSSR count). The van der Waals surface area contributed by atoms with Gasteiger partial charge in [0.05, 0.1) is 26.4 Å². The van der Waals surface area contributed by atoms with Crippen molar-refractivity contribution in [2.75, 3.05) is 99.5 Å². The molecule has 2 aliphatic rings. The van der Waals surface area contributed by atoms with Crippen molar-refractivity contribution in [2.24, 2.45) is 0 Å². The number of hydrogen-bond acceptors (Lipinski definition) is 21. The van der Waals surface area contributed by atoms with Crippen molar-refractivity contribution in [1.29, 1.82) is 0 Å². The Morgan fingerprint density at radius 3 is 1.49 bits per heavy atom. The number of rotatable bonds is 27. The van der Waals surface area contributed by atoms with Crippen LogP contribution in [0.1, 0.15) is 79.7 Å². The minimum absolute atomic E-state index is 0.00479. The fraction of sp³-hybridized carbons (Fsp3) is 0.207. The summed E-state index contributed by atoms with van der Waals surface area (Å²) < 4.78 is 22.6. The van der Waals surface area contributed by atoms with Crippen molar-refractivity contribution >= 4 is 102 Å². The van der Waals surface area contributed by atoms with E-state index in [1.54, 1.807) is 44.0 Å². The number of carbonyl (C=O) groups is 1. The maximum Gasteiger partial charge on any atom is 0.251 e. The van der Waals surface area contributed by atoms with Gasteiger partial charge in [0.25, 0.3) is 5.91 Å². The highest BCUT2D eigenvalue weighted by Crippen LogP contribution is 2.32. The number of benzene rings is 8. The second kappa shape index (κ2) is 39.3. The van der Waals surface area contributed by atoms with Gasteiger partial charge in [0, 0.05) is 166 Å². The summed E-state index contributed by atoms with van der Waals surface area (Å²) >= 11 is 0. The third kappa shape index (κ3) is 22.8. The summed E-state index contributed by atoms with van der Waals surface area (Å²) in [6, 6.07) is 69.6. The molecule has 7 aromatic heterocycles. The third-order valence-corrected chi connectivity index (χ3v) is 19.1. The van der Waals surface area contributed by atoms with Crippen LogP contribution in [-0.2, 0) is 30.4 Å². The number of aromatic nitrogens is 11. The summed E-state index contributed by atoms with van der Waals surface area (Å²) in [6.45, 7) is 13.9. The molecule has 25 nitrogen and oxygen atoms in total. The molecule has 1 aliphatic heterocycles. The van der Waals surface area contributed by atoms with E-state index in [9.17, 15) is 4.79 Å². The highest BCUT2D eigenvalue weighted by atomic mass is 16.5. The summed E-state index contributed by atoms with van der Waals surface area (Å²) in [5, 5.41) is 40.6. The molecule has 8 heterocycles. The maximum atomic E-state index is 11.8. The number of carbonyl (C=O) groups excluding carboxylic acids is 1. The standard InChI is InChI=1S/C26H29N5O2.C22H21N5O.2C22H22N4O2/c1-19-16-21-17-22(6-7-23(21)28-19)29-25-8-9-27-26(30-25)18-20-4-2-3-5-24(20)33-15-12-31-10-13-32-14-11-31;1-14-10-15-6-7-19(13-17(15)11-14)25-20-8-9-24-22(27-20)26-18-5-3-4-16(12-18)21(28)23-2;1-15-11-17-14-18(5-6-20(17)24-15)25-21-7-8-23-22(26-21)13-16-3-2-4-19(12-16)28-10-9-27;1-15-12-17-13-18(6-7-19(17)24-15)25-21-8-9-23-22(26-21)14-16-4-2-3-5-20(16)28-11-10-27/h2-9,16-17,28H,10-15,18H2,1H3,(H,27,29,30);3-9,11-13H,10H2,1-2H3,(H,23,28)(H2,24,25,26,27);2-8,11-12,14,24,27H,9-10,13H2,1H3,(H,23,25,26);2-9,12-13,24,27H,10-11,14H2,1H3,(H,23,25,26). The molecule has 11 N–H and O–H groups in total. The predicted molar refractivity (Wildman–Crippen MR) is 463 cm³/mol. The molecule has 8 aromatic carbocycles. The molecule has 117 heavy (non-hydrogen) atoms. The number of aliphatic hydroxyl groups excluding tert-OH is 2. The zero-order chi connectivity index (χ0) is 80.7. The molecule has 1 aliphatic carbocycles. The number of ether oxygens (including phenoxy) is 4. The van der Waals surface area contributed by atoms with Gasteiger partial charge in [0.15, 0.2) is 0 Å². The average Bonchev–Trinajstić information content (AvgIpc) is 1.82. The Morgan fingerprint density at radius 2 is 0.940 bits per heavy atom. The number of anilines is 10. The number of amides is 1. The molecule has 15 aromatic rings. The van der Waals surface area contributed by atoms with E-state index in [1.165, 1.54) is 22.1 Å². The quantitative estimate of drug-likeness (QED) is 0.0228. The van der Waals surface area contributed by atoms with Crippen LogP contribution in [0.4, 0.5) is 57.7 Å². The van der Waals surface area contributed by atoms with Crippen molar-refractivity contribution in [3.63, 3.8) is 0 Å². The first-order chi connectivity index (χ1) is 57.2. The Balaban J connectivity index is 0.000000129. The van der Waals surface area contributed by atoms with Crippen molar-refractivity contribution in [2.45, 2.75) is 53.4 Å². The van der Waals surface area contributed by atoms with Crippen molar-refractivity contribution in [3.8, 4) is 17.2 Å². The Hall–Kier alpha value is -13.9. The molecule has 25 heteroatoms. The van der Waals surface area contributed by atoms with Crippen LogP contribution >= 0.6 is 0 Å². The molecule has 0 bridgehead atoms. The lowest BCUT2D eigenvalue weighted by Crippen LogP contribution is -2.38. The number of aryl methyl sites for hydroxylation is 3. The summed E-state index contributed by atoms with van der Waals surface area (Å²) in [5.74, 6) is 7.82. The van der Waals surface area contributed by atoms with Gasteiger partial charge in [-0.05, 0) is 202 Å². The monoisotopic (exact) mass is 1560 g/mol. The topological polar surface area (TPSA) is 320 Å². The highest BCUT2D eigenvalue weighted by molar-refractivity contribution is 5.95. The number of fused-ring (bicyclic) bond motifs is 4. The fourth-order valence-corrected chi connectivity index (χ4v) is 13.7. The van der Waals surface area contributed by atoms with Gasteiger partial charge >= 0.3 is 0 Å². The number of nitrogens with one attached hydrogen (secondary N) is 9. The number of aromatic amines is 3. The van der Waals surface area contributed by atoms with Crippen LogP contribution in [-0.4, -0.2) is 149 Å². The summed E-state index contributed by atoms with van der Waals surface area (Å²) in [6.07, 6.45) is 12.0. The van der Waals surface area contributed by atoms with Crippen LogP contribution in [0.2, 0.25) is 0 Å². The third-order valence-electron chi connectivity index (χ3n) is 19.1. The van der Waals surface area contributed by atoms with E-state index in [2.05, 4.69) is 191 Å². The Bertz CT molecular complexity index is 5900. The van der Waals surface area contributed by atoms with Gasteiger partial charge in [-0.1, -0.05) is 72.3 Å². The largest absolute Gasteiger partial charge is 0.492 e. The van der Waals surface area contributed by atoms with E-state index < -0.39 is 0 Å². The van der Waals surface area contributed by atoms with Crippen molar-refractivity contribution in [3.05, 3.63) is 311 Å². The summed E-state index contributed by atoms with van der Waals surface area (Å²) in [4.78, 5) is 60.2. The number of aliphatic hydroxyl groups is 2. The van der Waals surface area contributed by atoms with Crippen LogP contribution in [0.15, 0.2) is 243 Å². The van der Waals surface area contributed by atoms with Crippen molar-refractivity contribution in [1.82, 2.24) is 65.0 Å². The first-order valence-corrected chi connectivity index (χ1v) is 38.9. The molecule has 0 saturated carbocycles. The van der Waals surface area contributed by atoms with E-state index in [-0.39, 0.29) is 32.3 Å². The molecule has 594 valence electrons. The first-order valence-electron chi connectivity index (χ1n) is 38.9. The van der Waals surface area contributed by atoms with E-state index in [0.717, 1.165) is 175 Å². The van der Waals surface area contributed by atoms with Gasteiger partial charge in [0.2, 0.25) is 5.95 Å². The number of allylic oxidation sites excluding steroid dienone is 1. The number of nitrogens with zero attached hydrogens (tertiary/aromatic N) is 9. The van der Waals surface area contributed by atoms with E-state index in [0.29, 0.717) is 49.0 Å². The number of H-pyrrole nitrogens is 3. The second-order valence-electron chi connectivity index (χ2n) is 28.3. The Labute approximate surface area is 678 Å². The SMILES string of the molecule is CNC(=O)c1cccc(Nc2nccc(Nc3ccc4c(c3)C=C(C)C4)n2)c1.Cc1cc2cc(Nc3ccnc(Cc4cccc(OCCO)c4)n3)ccc2[nH]1.Cc1cc2cc(Nc3ccnc(Cc4ccccc4OCCN4CCOCC4)n3)ccc2[nH]1.Cc1cc2cc(Nc3ccnc(Cc4ccccc4OCCO)n3)ccc2[nH]1. The van der Waals surface area contributed by atoms with Gasteiger partial charge in [-0.3, -0.25) is 9.69 Å². The normalized spacial score (nSPS) is 12.2. The van der Waals surface area contributed by atoms with Crippen molar-refractivity contribution < 1.29 is 34.0 Å². The number of morpholine rings is 1. The molecule has 1 fully saturated rings. The zero-order valence-electron chi connectivity index (χ0n) is 66.0. The average molecular weight is 1560 g/mol. The summed E-state index contributed by atoms with van der Waals surface area (Å²) in [7, 11) is 1.61. The summed E-state index contributed by atoms with van der Waals surface area (Å²) in [5.41, 5.74) is 19.1.